The molecule has 0 aliphatic rings. The number of aromatic nitrogens is 3. The molecule has 72 valence electrons. The number of hydrogen-bond acceptors (Lipinski definition) is 3. The molecule has 14 heavy (non-hydrogen) atoms. The van der Waals surface area contributed by atoms with Crippen molar-refractivity contribution >= 4 is 5.69 Å². The average Bonchev–Trinajstić information content (AvgIpc) is 2.57. The highest BCUT2D eigenvalue weighted by atomic mass is 15.2. The van der Waals surface area contributed by atoms with Gasteiger partial charge in [0.15, 0.2) is 0 Å². The zero-order valence-corrected chi connectivity index (χ0v) is 8.23. The Hall–Kier alpha value is -1.84. The fourth-order valence-electron chi connectivity index (χ4n) is 1.27. The van der Waals surface area contributed by atoms with Crippen LogP contribution in [0, 0.1) is 6.92 Å². The van der Waals surface area contributed by atoms with Crippen LogP contribution in [0.4, 0.5) is 5.69 Å². The Morgan fingerprint density at radius 2 is 2.00 bits per heavy atom. The minimum Gasteiger partial charge on any atom is -0.397 e. The van der Waals surface area contributed by atoms with Crippen LogP contribution in [0.1, 0.15) is 5.69 Å². The van der Waals surface area contributed by atoms with E-state index in [-0.39, 0.29) is 0 Å². The van der Waals surface area contributed by atoms with Gasteiger partial charge in [0.25, 0.3) is 0 Å². The van der Waals surface area contributed by atoms with Gasteiger partial charge in [0, 0.05) is 13.2 Å². The summed E-state index contributed by atoms with van der Waals surface area (Å²) in [5.41, 5.74) is 8.97. The normalized spacial score (nSPS) is 10.4. The Labute approximate surface area is 82.4 Å². The molecule has 2 aromatic rings. The van der Waals surface area contributed by atoms with Gasteiger partial charge in [0.1, 0.15) is 5.69 Å². The summed E-state index contributed by atoms with van der Waals surface area (Å²) < 4.78 is 1.75. The van der Waals surface area contributed by atoms with Gasteiger partial charge in [0.2, 0.25) is 0 Å². The number of nitrogens with two attached hydrogens (primary N) is 1. The van der Waals surface area contributed by atoms with Gasteiger partial charge in [0.05, 0.1) is 17.1 Å². The van der Waals surface area contributed by atoms with Gasteiger partial charge in [-0.05, 0) is 25.1 Å². The lowest BCUT2D eigenvalue weighted by Crippen LogP contribution is -1.95. The first-order valence-electron chi connectivity index (χ1n) is 4.40. The van der Waals surface area contributed by atoms with Crippen LogP contribution in [0.5, 0.6) is 0 Å². The quantitative estimate of drug-likeness (QED) is 0.735. The van der Waals surface area contributed by atoms with Crippen molar-refractivity contribution in [1.82, 2.24) is 14.8 Å². The molecule has 2 aromatic heterocycles. The first-order valence-corrected chi connectivity index (χ1v) is 4.40. The maximum Gasteiger partial charge on any atom is 0.111 e. The van der Waals surface area contributed by atoms with Gasteiger partial charge < -0.3 is 5.73 Å². The van der Waals surface area contributed by atoms with E-state index in [1.165, 1.54) is 0 Å². The maximum absolute atomic E-state index is 5.68. The van der Waals surface area contributed by atoms with Crippen molar-refractivity contribution in [2.24, 2.45) is 7.05 Å². The number of rotatable bonds is 1. The van der Waals surface area contributed by atoms with Crippen molar-refractivity contribution in [3.05, 3.63) is 30.1 Å². The van der Waals surface area contributed by atoms with Crippen LogP contribution >= 0.6 is 0 Å². The topological polar surface area (TPSA) is 56.7 Å². The van der Waals surface area contributed by atoms with Crippen molar-refractivity contribution < 1.29 is 0 Å². The van der Waals surface area contributed by atoms with E-state index in [9.17, 15) is 0 Å². The Morgan fingerprint density at radius 1 is 1.21 bits per heavy atom. The van der Waals surface area contributed by atoms with Crippen molar-refractivity contribution in [3.63, 3.8) is 0 Å². The van der Waals surface area contributed by atoms with Crippen LogP contribution < -0.4 is 5.73 Å². The van der Waals surface area contributed by atoms with E-state index in [2.05, 4.69) is 10.1 Å². The minimum absolute atomic E-state index is 0.713. The molecule has 2 heterocycles. The largest absolute Gasteiger partial charge is 0.397 e. The predicted octanol–water partition coefficient (Wildman–Crippen LogP) is 1.37. The highest BCUT2D eigenvalue weighted by molar-refractivity contribution is 5.57. The van der Waals surface area contributed by atoms with Gasteiger partial charge in [-0.2, -0.15) is 5.10 Å². The van der Waals surface area contributed by atoms with Crippen molar-refractivity contribution in [2.75, 3.05) is 5.73 Å². The summed E-state index contributed by atoms with van der Waals surface area (Å²) in [4.78, 5) is 4.36. The molecule has 4 heteroatoms. The van der Waals surface area contributed by atoms with E-state index in [1.807, 2.05) is 38.4 Å². The van der Waals surface area contributed by atoms with Gasteiger partial charge in [-0.25, -0.2) is 4.98 Å². The molecule has 0 amide bonds. The Kier molecular flexibility index (Phi) is 1.96. The molecule has 0 aliphatic heterocycles. The molecule has 0 radical (unpaired) electrons. The van der Waals surface area contributed by atoms with Crippen molar-refractivity contribution in [3.8, 4) is 11.4 Å². The molecule has 0 bridgehead atoms. The van der Waals surface area contributed by atoms with Crippen LogP contribution in [0.15, 0.2) is 24.4 Å². The standard InChI is InChI=1S/C10H12N4/c1-7-8(11)3-4-9(12-7)10-5-6-14(2)13-10/h3-6H,11H2,1-2H3. The predicted molar refractivity (Wildman–Crippen MR) is 55.6 cm³/mol. The third-order valence-electron chi connectivity index (χ3n) is 2.10. The molecule has 2 N–H and O–H groups in total. The number of hydrogen-bond donors (Lipinski definition) is 1. The highest BCUT2D eigenvalue weighted by Crippen LogP contribution is 2.17. The minimum atomic E-state index is 0.713. The number of nitrogen functional groups attached to an aromatic ring is 1. The summed E-state index contributed by atoms with van der Waals surface area (Å²) in [7, 11) is 1.88. The van der Waals surface area contributed by atoms with E-state index in [0.717, 1.165) is 17.1 Å². The number of nitrogens with zero attached hydrogens (tertiary/aromatic N) is 3. The smallest absolute Gasteiger partial charge is 0.111 e. The van der Waals surface area contributed by atoms with Crippen LogP contribution in [0.3, 0.4) is 0 Å². The van der Waals surface area contributed by atoms with E-state index in [0.29, 0.717) is 5.69 Å². The second-order valence-corrected chi connectivity index (χ2v) is 3.25. The first kappa shape index (κ1) is 8.74. The van der Waals surface area contributed by atoms with Crippen LogP contribution in [-0.4, -0.2) is 14.8 Å². The van der Waals surface area contributed by atoms with Crippen LogP contribution in [-0.2, 0) is 7.05 Å². The summed E-state index contributed by atoms with van der Waals surface area (Å²) in [6.07, 6.45) is 1.89. The fourth-order valence-corrected chi connectivity index (χ4v) is 1.27. The lowest BCUT2D eigenvalue weighted by molar-refractivity contribution is 0.770. The van der Waals surface area contributed by atoms with E-state index in [1.54, 1.807) is 4.68 Å². The molecular weight excluding hydrogens is 176 g/mol. The first-order chi connectivity index (χ1) is 6.66. The molecule has 0 spiro atoms. The number of aryl methyl sites for hydroxylation is 2. The molecule has 0 saturated heterocycles. The summed E-state index contributed by atoms with van der Waals surface area (Å²) in [6, 6.07) is 5.66. The monoisotopic (exact) mass is 188 g/mol. The second kappa shape index (κ2) is 3.14. The van der Waals surface area contributed by atoms with E-state index in [4.69, 9.17) is 5.73 Å². The highest BCUT2D eigenvalue weighted by Gasteiger charge is 2.03. The molecule has 0 saturated carbocycles. The molecule has 0 atom stereocenters. The molecular formula is C10H12N4. The van der Waals surface area contributed by atoms with E-state index < -0.39 is 0 Å². The van der Waals surface area contributed by atoms with Gasteiger partial charge >= 0.3 is 0 Å². The third-order valence-corrected chi connectivity index (χ3v) is 2.10. The van der Waals surface area contributed by atoms with Crippen molar-refractivity contribution in [1.29, 1.82) is 0 Å². The lowest BCUT2D eigenvalue weighted by atomic mass is 10.2. The molecule has 0 aliphatic carbocycles. The summed E-state index contributed by atoms with van der Waals surface area (Å²) in [6.45, 7) is 1.89. The Morgan fingerprint density at radius 3 is 2.57 bits per heavy atom. The zero-order valence-electron chi connectivity index (χ0n) is 8.23. The maximum atomic E-state index is 5.68. The molecule has 0 aromatic carbocycles. The van der Waals surface area contributed by atoms with Crippen molar-refractivity contribution in [2.45, 2.75) is 6.92 Å². The zero-order chi connectivity index (χ0) is 10.1. The van der Waals surface area contributed by atoms with Gasteiger partial charge in [-0.3, -0.25) is 4.68 Å². The summed E-state index contributed by atoms with van der Waals surface area (Å²) in [5.74, 6) is 0. The SMILES string of the molecule is Cc1nc(-c2ccn(C)n2)ccc1N. The Balaban J connectivity index is 2.47. The number of pyridine rings is 1. The summed E-state index contributed by atoms with van der Waals surface area (Å²) >= 11 is 0. The molecule has 4 nitrogen and oxygen atoms in total. The van der Waals surface area contributed by atoms with Gasteiger partial charge in [-0.15, -0.1) is 0 Å². The number of anilines is 1. The van der Waals surface area contributed by atoms with Crippen LogP contribution in [0.2, 0.25) is 0 Å². The third kappa shape index (κ3) is 1.46. The summed E-state index contributed by atoms with van der Waals surface area (Å²) in [5, 5.41) is 4.27. The Bertz CT molecular complexity index is 459. The fraction of sp³-hybridized carbons (Fsp3) is 0.200. The molecule has 0 unspecified atom stereocenters. The van der Waals surface area contributed by atoms with E-state index >= 15 is 0 Å². The second-order valence-electron chi connectivity index (χ2n) is 3.25. The molecule has 2 rings (SSSR count). The van der Waals surface area contributed by atoms with Crippen LogP contribution in [0.25, 0.3) is 11.4 Å². The lowest BCUT2D eigenvalue weighted by Gasteiger charge is -2.00. The molecule has 0 fully saturated rings. The average molecular weight is 188 g/mol. The van der Waals surface area contributed by atoms with Gasteiger partial charge in [-0.1, -0.05) is 0 Å².